The van der Waals surface area contributed by atoms with Gasteiger partial charge in [-0.15, -0.1) is 8.58 Å². The Labute approximate surface area is 171 Å². The van der Waals surface area contributed by atoms with E-state index < -0.39 is 0 Å². The fraction of sp³-hybridized carbons (Fsp3) is 0.350. The molecule has 0 spiro atoms. The standard InChI is InChI=1S/C20H24ClN2O4P/c1-3-28-12-22(11-18(24)27-2)17-10-13(8-9-16(17)21)23-19(25)14-6-4-5-7-15(14)20(23)26/h4,6,8-10,25-26,28H,3,5,7,11-12H2,1-2H3. The van der Waals surface area contributed by atoms with Crippen LogP contribution in [-0.4, -0.2) is 46.9 Å². The second kappa shape index (κ2) is 8.89. The van der Waals surface area contributed by atoms with Gasteiger partial charge in [0, 0.05) is 17.4 Å². The number of ether oxygens (including phenoxy) is 1. The van der Waals surface area contributed by atoms with Crippen molar-refractivity contribution in [2.45, 2.75) is 19.8 Å². The van der Waals surface area contributed by atoms with E-state index in [1.54, 1.807) is 18.2 Å². The lowest BCUT2D eigenvalue weighted by molar-refractivity contribution is -0.138. The molecule has 1 atom stereocenters. The van der Waals surface area contributed by atoms with Crippen molar-refractivity contribution in [3.8, 4) is 17.4 Å². The van der Waals surface area contributed by atoms with Crippen LogP contribution in [0.15, 0.2) is 24.3 Å². The highest BCUT2D eigenvalue weighted by Gasteiger charge is 2.24. The molecule has 2 aromatic rings. The zero-order chi connectivity index (χ0) is 20.3. The van der Waals surface area contributed by atoms with Crippen molar-refractivity contribution >= 4 is 37.9 Å². The van der Waals surface area contributed by atoms with Crippen LogP contribution in [0.25, 0.3) is 11.8 Å². The number of aromatic hydroxyl groups is 2. The highest BCUT2D eigenvalue weighted by atomic mass is 35.5. The topological polar surface area (TPSA) is 74.9 Å². The normalized spacial score (nSPS) is 13.1. The van der Waals surface area contributed by atoms with E-state index in [1.165, 1.54) is 11.7 Å². The summed E-state index contributed by atoms with van der Waals surface area (Å²) >= 11 is 6.43. The number of aromatic nitrogens is 1. The summed E-state index contributed by atoms with van der Waals surface area (Å²) < 4.78 is 6.23. The summed E-state index contributed by atoms with van der Waals surface area (Å²) in [5.74, 6) is -0.332. The van der Waals surface area contributed by atoms with Crippen molar-refractivity contribution in [1.82, 2.24) is 4.57 Å². The number of halogens is 1. The van der Waals surface area contributed by atoms with Crippen molar-refractivity contribution < 1.29 is 19.7 Å². The van der Waals surface area contributed by atoms with Gasteiger partial charge < -0.3 is 19.8 Å². The number of benzene rings is 1. The molecule has 2 N–H and O–H groups in total. The second-order valence-electron chi connectivity index (χ2n) is 6.49. The molecule has 1 aliphatic rings. The van der Waals surface area contributed by atoms with Gasteiger partial charge in [-0.25, -0.2) is 0 Å². The Kier molecular flexibility index (Phi) is 6.53. The van der Waals surface area contributed by atoms with Gasteiger partial charge in [0.1, 0.15) is 6.54 Å². The fourth-order valence-electron chi connectivity index (χ4n) is 3.28. The minimum Gasteiger partial charge on any atom is -0.494 e. The molecule has 0 saturated heterocycles. The molecule has 1 unspecified atom stereocenters. The summed E-state index contributed by atoms with van der Waals surface area (Å²) in [5.41, 5.74) is 2.60. The number of allylic oxidation sites excluding steroid dienone is 1. The largest absolute Gasteiger partial charge is 0.494 e. The van der Waals surface area contributed by atoms with E-state index >= 15 is 0 Å². The van der Waals surface area contributed by atoms with Crippen LogP contribution in [0, 0.1) is 0 Å². The molecule has 1 aromatic heterocycles. The minimum atomic E-state index is -0.352. The third kappa shape index (κ3) is 3.98. The first kappa shape index (κ1) is 20.6. The van der Waals surface area contributed by atoms with Crippen molar-refractivity contribution in [1.29, 1.82) is 0 Å². The van der Waals surface area contributed by atoms with Crippen molar-refractivity contribution in [2.75, 3.05) is 31.0 Å². The number of esters is 1. The zero-order valence-electron chi connectivity index (χ0n) is 15.9. The molecule has 6 nitrogen and oxygen atoms in total. The molecular formula is C20H24ClN2O4P. The molecule has 1 aliphatic carbocycles. The first-order valence-electron chi connectivity index (χ1n) is 9.12. The molecule has 0 saturated carbocycles. The molecule has 0 amide bonds. The maximum absolute atomic E-state index is 11.9. The molecular weight excluding hydrogens is 399 g/mol. The summed E-state index contributed by atoms with van der Waals surface area (Å²) in [7, 11) is 1.99. The van der Waals surface area contributed by atoms with Crippen molar-refractivity contribution in [3.63, 3.8) is 0 Å². The number of anilines is 1. The van der Waals surface area contributed by atoms with Gasteiger partial charge in [0.05, 0.1) is 23.5 Å². The molecule has 1 aromatic carbocycles. The molecule has 0 aliphatic heterocycles. The lowest BCUT2D eigenvalue weighted by atomic mass is 10.0. The number of nitrogens with zero attached hydrogens (tertiary/aromatic N) is 2. The average Bonchev–Trinajstić information content (AvgIpc) is 2.96. The van der Waals surface area contributed by atoms with E-state index in [0.29, 0.717) is 43.2 Å². The predicted octanol–water partition coefficient (Wildman–Crippen LogP) is 4.14. The van der Waals surface area contributed by atoms with Gasteiger partial charge in [-0.1, -0.05) is 30.7 Å². The first-order valence-corrected chi connectivity index (χ1v) is 10.9. The van der Waals surface area contributed by atoms with Crippen LogP contribution in [-0.2, 0) is 16.0 Å². The molecule has 0 bridgehead atoms. The van der Waals surface area contributed by atoms with Crippen LogP contribution >= 0.6 is 20.2 Å². The van der Waals surface area contributed by atoms with Crippen molar-refractivity contribution in [3.05, 3.63) is 40.4 Å². The van der Waals surface area contributed by atoms with E-state index in [-0.39, 0.29) is 24.3 Å². The molecule has 1 heterocycles. The molecule has 150 valence electrons. The van der Waals surface area contributed by atoms with Crippen LogP contribution in [0.4, 0.5) is 5.69 Å². The third-order valence-corrected chi connectivity index (χ3v) is 6.16. The highest BCUT2D eigenvalue weighted by molar-refractivity contribution is 7.38. The average molecular weight is 423 g/mol. The molecule has 3 rings (SSSR count). The van der Waals surface area contributed by atoms with E-state index in [9.17, 15) is 15.0 Å². The first-order chi connectivity index (χ1) is 13.5. The number of fused-ring (bicyclic) bond motifs is 1. The molecule has 28 heavy (non-hydrogen) atoms. The SMILES string of the molecule is CCPCN(CC(=O)OC)c1cc(-n2c(O)c3c(c2O)CCC=C3)ccc1Cl. The van der Waals surface area contributed by atoms with E-state index in [0.717, 1.165) is 18.1 Å². The van der Waals surface area contributed by atoms with E-state index in [4.69, 9.17) is 16.3 Å². The van der Waals surface area contributed by atoms with Gasteiger partial charge in [-0.2, -0.15) is 0 Å². The van der Waals surface area contributed by atoms with Gasteiger partial charge in [0.2, 0.25) is 11.8 Å². The van der Waals surface area contributed by atoms with E-state index in [2.05, 4.69) is 6.92 Å². The minimum absolute atomic E-state index is 0.00771. The molecule has 8 heteroatoms. The Morgan fingerprint density at radius 1 is 1.36 bits per heavy atom. The van der Waals surface area contributed by atoms with E-state index in [1.807, 2.05) is 17.1 Å². The van der Waals surface area contributed by atoms with Crippen LogP contribution in [0.5, 0.6) is 11.8 Å². The lowest BCUT2D eigenvalue weighted by Crippen LogP contribution is -2.30. The number of methoxy groups -OCH3 is 1. The summed E-state index contributed by atoms with van der Waals surface area (Å²) in [6.45, 7) is 2.16. The monoisotopic (exact) mass is 422 g/mol. The van der Waals surface area contributed by atoms with Crippen LogP contribution in [0.3, 0.4) is 0 Å². The molecule has 0 fully saturated rings. The highest BCUT2D eigenvalue weighted by Crippen LogP contribution is 2.41. The Morgan fingerprint density at radius 3 is 2.82 bits per heavy atom. The van der Waals surface area contributed by atoms with Gasteiger partial charge in [-0.3, -0.25) is 9.36 Å². The summed E-state index contributed by atoms with van der Waals surface area (Å²) in [6, 6.07) is 5.22. The molecule has 0 radical (unpaired) electrons. The Hall–Kier alpha value is -2.17. The maximum Gasteiger partial charge on any atom is 0.325 e. The van der Waals surface area contributed by atoms with Gasteiger partial charge in [0.25, 0.3) is 0 Å². The maximum atomic E-state index is 11.9. The lowest BCUT2D eigenvalue weighted by Gasteiger charge is -2.25. The Bertz CT molecular complexity index is 910. The number of hydrogen-bond donors (Lipinski definition) is 2. The summed E-state index contributed by atoms with van der Waals surface area (Å²) in [4.78, 5) is 13.7. The van der Waals surface area contributed by atoms with Gasteiger partial charge >= 0.3 is 5.97 Å². The number of rotatable bonds is 7. The Balaban J connectivity index is 2.05. The number of hydrogen-bond acceptors (Lipinski definition) is 5. The Morgan fingerprint density at radius 2 is 2.14 bits per heavy atom. The van der Waals surface area contributed by atoms with Crippen molar-refractivity contribution in [2.24, 2.45) is 0 Å². The third-order valence-electron chi connectivity index (χ3n) is 4.73. The summed E-state index contributed by atoms with van der Waals surface area (Å²) in [5, 5.41) is 21.8. The fourth-order valence-corrected chi connectivity index (χ4v) is 4.29. The summed E-state index contributed by atoms with van der Waals surface area (Å²) in [6.07, 6.45) is 6.95. The van der Waals surface area contributed by atoms with Gasteiger partial charge in [-0.05, 0) is 37.2 Å². The number of carbonyl (C=O) groups excluding carboxylic acids is 1. The zero-order valence-corrected chi connectivity index (χ0v) is 17.7. The van der Waals surface area contributed by atoms with Crippen LogP contribution < -0.4 is 4.90 Å². The van der Waals surface area contributed by atoms with Gasteiger partial charge in [0.15, 0.2) is 0 Å². The smallest absolute Gasteiger partial charge is 0.325 e. The van der Waals surface area contributed by atoms with Crippen LogP contribution in [0.2, 0.25) is 5.02 Å². The second-order valence-corrected chi connectivity index (χ2v) is 8.42. The predicted molar refractivity (Wildman–Crippen MR) is 115 cm³/mol. The number of carbonyl (C=O) groups is 1. The quantitative estimate of drug-likeness (QED) is 0.518. The van der Waals surface area contributed by atoms with Crippen LogP contribution in [0.1, 0.15) is 24.5 Å².